The molecule has 1 atom stereocenters. The molecule has 0 spiro atoms. The zero-order chi connectivity index (χ0) is 25.5. The number of nitrogens with zero attached hydrogens (tertiary/aromatic N) is 3. The predicted octanol–water partition coefficient (Wildman–Crippen LogP) is 3.29. The van der Waals surface area contributed by atoms with Crippen LogP contribution in [0, 0.1) is 0 Å². The molecule has 2 aromatic heterocycles. The first-order valence-electron chi connectivity index (χ1n) is 11.1. The van der Waals surface area contributed by atoms with Crippen molar-refractivity contribution in [2.45, 2.75) is 13.0 Å². The van der Waals surface area contributed by atoms with Crippen LogP contribution in [0.3, 0.4) is 0 Å². The van der Waals surface area contributed by atoms with Crippen molar-refractivity contribution < 1.29 is 19.5 Å². The van der Waals surface area contributed by atoms with Gasteiger partial charge < -0.3 is 15.7 Å². The maximum absolute atomic E-state index is 13.1. The Hall–Kier alpha value is -5.05. The van der Waals surface area contributed by atoms with Gasteiger partial charge in [0.15, 0.2) is 0 Å². The molecule has 36 heavy (non-hydrogen) atoms. The lowest BCUT2D eigenvalue weighted by atomic mass is 10.1. The van der Waals surface area contributed by atoms with Crippen molar-refractivity contribution in [2.75, 3.05) is 0 Å². The van der Waals surface area contributed by atoms with E-state index in [0.717, 1.165) is 5.69 Å². The predicted molar refractivity (Wildman–Crippen MR) is 134 cm³/mol. The zero-order valence-electron chi connectivity index (χ0n) is 19.3. The molecule has 2 aromatic carbocycles. The molecule has 0 fully saturated rings. The molecule has 9 nitrogen and oxygen atoms in total. The van der Waals surface area contributed by atoms with E-state index in [1.165, 1.54) is 13.0 Å². The first kappa shape index (κ1) is 24.1. The smallest absolute Gasteiger partial charge is 0.325 e. The number of carboxylic acid groups (broad SMARTS) is 1. The van der Waals surface area contributed by atoms with Crippen molar-refractivity contribution in [3.8, 4) is 16.9 Å². The molecular weight excluding hydrogens is 458 g/mol. The fourth-order valence-electron chi connectivity index (χ4n) is 3.37. The van der Waals surface area contributed by atoms with E-state index < -0.39 is 23.8 Å². The highest BCUT2D eigenvalue weighted by atomic mass is 16.4. The van der Waals surface area contributed by atoms with Crippen molar-refractivity contribution in [1.29, 1.82) is 0 Å². The summed E-state index contributed by atoms with van der Waals surface area (Å²) in [6.45, 7) is 1.34. The summed E-state index contributed by atoms with van der Waals surface area (Å²) in [5, 5.41) is 18.9. The van der Waals surface area contributed by atoms with Gasteiger partial charge in [-0.05, 0) is 49.4 Å². The molecule has 0 aliphatic carbocycles. The topological polar surface area (TPSA) is 126 Å². The van der Waals surface area contributed by atoms with Gasteiger partial charge in [-0.2, -0.15) is 5.10 Å². The molecule has 0 saturated heterocycles. The molecular formula is C27H23N5O4. The van der Waals surface area contributed by atoms with Crippen LogP contribution in [0.25, 0.3) is 23.0 Å². The lowest BCUT2D eigenvalue weighted by Gasteiger charge is -2.13. The summed E-state index contributed by atoms with van der Waals surface area (Å²) < 4.78 is 1.66. The van der Waals surface area contributed by atoms with E-state index in [0.29, 0.717) is 22.4 Å². The highest BCUT2D eigenvalue weighted by molar-refractivity contribution is 6.06. The first-order valence-corrected chi connectivity index (χ1v) is 11.1. The van der Waals surface area contributed by atoms with Gasteiger partial charge in [-0.3, -0.25) is 19.4 Å². The van der Waals surface area contributed by atoms with Crippen LogP contribution in [0.15, 0.2) is 97.1 Å². The normalized spacial score (nSPS) is 12.0. The standard InChI is InChI=1S/C27H23N5O4/c1-18(27(35)36)29-26(34)23(30-25(33)19-9-4-2-5-10-19)15-21-17-32(22-12-6-3-7-13-22)31-24(21)20-11-8-14-28-16-20/h2-18H,1H3,(H,29,34)(H,30,33)(H,35,36)/b23-15+. The molecule has 4 aromatic rings. The number of hydrogen-bond donors (Lipinski definition) is 3. The second-order valence-corrected chi connectivity index (χ2v) is 7.87. The summed E-state index contributed by atoms with van der Waals surface area (Å²) in [5.41, 5.74) is 2.75. The monoisotopic (exact) mass is 481 g/mol. The molecule has 0 aliphatic rings. The van der Waals surface area contributed by atoms with E-state index in [2.05, 4.69) is 20.7 Å². The number of rotatable bonds is 8. The number of carbonyl (C=O) groups excluding carboxylic acids is 2. The number of benzene rings is 2. The van der Waals surface area contributed by atoms with E-state index in [4.69, 9.17) is 0 Å². The number of nitrogens with one attached hydrogen (secondary N) is 2. The van der Waals surface area contributed by atoms with Crippen molar-refractivity contribution in [2.24, 2.45) is 0 Å². The first-order chi connectivity index (χ1) is 17.4. The maximum atomic E-state index is 13.1. The summed E-state index contributed by atoms with van der Waals surface area (Å²) >= 11 is 0. The number of pyridine rings is 1. The molecule has 180 valence electrons. The maximum Gasteiger partial charge on any atom is 0.325 e. The van der Waals surface area contributed by atoms with Crippen molar-refractivity contribution in [3.63, 3.8) is 0 Å². The third kappa shape index (κ3) is 5.71. The van der Waals surface area contributed by atoms with Gasteiger partial charge in [0.1, 0.15) is 17.4 Å². The lowest BCUT2D eigenvalue weighted by molar-refractivity contribution is -0.140. The van der Waals surface area contributed by atoms with E-state index in [9.17, 15) is 19.5 Å². The summed E-state index contributed by atoms with van der Waals surface area (Å²) in [5.74, 6) is -2.47. The Labute approximate surface area is 207 Å². The number of aliphatic carboxylic acids is 1. The quantitative estimate of drug-likeness (QED) is 0.332. The Morgan fingerprint density at radius 1 is 0.972 bits per heavy atom. The average molecular weight is 482 g/mol. The van der Waals surface area contributed by atoms with Gasteiger partial charge in [-0.1, -0.05) is 36.4 Å². The van der Waals surface area contributed by atoms with Crippen molar-refractivity contribution >= 4 is 23.9 Å². The van der Waals surface area contributed by atoms with E-state index in [1.54, 1.807) is 59.7 Å². The van der Waals surface area contributed by atoms with Gasteiger partial charge in [-0.25, -0.2) is 4.68 Å². The van der Waals surface area contributed by atoms with E-state index in [1.807, 2.05) is 36.4 Å². The van der Waals surface area contributed by atoms with Gasteiger partial charge in [0.05, 0.1) is 5.69 Å². The highest BCUT2D eigenvalue weighted by Gasteiger charge is 2.21. The largest absolute Gasteiger partial charge is 0.480 e. The highest BCUT2D eigenvalue weighted by Crippen LogP contribution is 2.25. The SMILES string of the molecule is CC(NC(=O)/C(=C\c1cn(-c2ccccc2)nc1-c1cccnc1)NC(=O)c1ccccc1)C(=O)O. The third-order valence-corrected chi connectivity index (χ3v) is 5.24. The molecule has 0 aliphatic heterocycles. The Morgan fingerprint density at radius 3 is 2.31 bits per heavy atom. The van der Waals surface area contributed by atoms with Crippen LogP contribution in [0.4, 0.5) is 0 Å². The fourth-order valence-corrected chi connectivity index (χ4v) is 3.37. The van der Waals surface area contributed by atoms with Crippen molar-refractivity contribution in [3.05, 3.63) is 108 Å². The zero-order valence-corrected chi connectivity index (χ0v) is 19.3. The number of hydrogen-bond acceptors (Lipinski definition) is 5. The molecule has 0 bridgehead atoms. The fraction of sp³-hybridized carbons (Fsp3) is 0.0741. The van der Waals surface area contributed by atoms with E-state index >= 15 is 0 Å². The molecule has 0 saturated carbocycles. The van der Waals surface area contributed by atoms with Gasteiger partial charge in [0, 0.05) is 35.3 Å². The average Bonchev–Trinajstić information content (AvgIpc) is 3.33. The second-order valence-electron chi connectivity index (χ2n) is 7.87. The molecule has 0 radical (unpaired) electrons. The van der Waals surface area contributed by atoms with Gasteiger partial charge in [0.25, 0.3) is 11.8 Å². The molecule has 9 heteroatoms. The summed E-state index contributed by atoms with van der Waals surface area (Å²) in [4.78, 5) is 41.4. The number of carboxylic acids is 1. The minimum Gasteiger partial charge on any atom is -0.480 e. The number of carbonyl (C=O) groups is 3. The molecule has 4 rings (SSSR count). The molecule has 2 amide bonds. The number of para-hydroxylation sites is 1. The Morgan fingerprint density at radius 2 is 1.67 bits per heavy atom. The van der Waals surface area contributed by atoms with Gasteiger partial charge in [0.2, 0.25) is 0 Å². The molecule has 1 unspecified atom stereocenters. The van der Waals surface area contributed by atoms with Crippen LogP contribution in [-0.4, -0.2) is 43.7 Å². The van der Waals surface area contributed by atoms with Crippen LogP contribution < -0.4 is 10.6 Å². The van der Waals surface area contributed by atoms with Crippen LogP contribution >= 0.6 is 0 Å². The number of aromatic nitrogens is 3. The van der Waals surface area contributed by atoms with Gasteiger partial charge >= 0.3 is 5.97 Å². The Bertz CT molecular complexity index is 1400. The molecule has 3 N–H and O–H groups in total. The molecule has 2 heterocycles. The lowest BCUT2D eigenvalue weighted by Crippen LogP contribution is -2.42. The number of amides is 2. The third-order valence-electron chi connectivity index (χ3n) is 5.24. The van der Waals surface area contributed by atoms with Crippen LogP contribution in [-0.2, 0) is 9.59 Å². The Balaban J connectivity index is 1.79. The minimum absolute atomic E-state index is 0.130. The summed E-state index contributed by atoms with van der Waals surface area (Å²) in [7, 11) is 0. The van der Waals surface area contributed by atoms with E-state index in [-0.39, 0.29) is 5.70 Å². The Kier molecular flexibility index (Phi) is 7.30. The van der Waals surface area contributed by atoms with Crippen LogP contribution in [0.1, 0.15) is 22.8 Å². The van der Waals surface area contributed by atoms with Crippen LogP contribution in [0.2, 0.25) is 0 Å². The van der Waals surface area contributed by atoms with Gasteiger partial charge in [-0.15, -0.1) is 0 Å². The summed E-state index contributed by atoms with van der Waals surface area (Å²) in [6.07, 6.45) is 6.48. The summed E-state index contributed by atoms with van der Waals surface area (Å²) in [6, 6.07) is 20.2. The second kappa shape index (κ2) is 10.9. The van der Waals surface area contributed by atoms with Crippen molar-refractivity contribution in [1.82, 2.24) is 25.4 Å². The van der Waals surface area contributed by atoms with Crippen LogP contribution in [0.5, 0.6) is 0 Å². The minimum atomic E-state index is -1.20.